The number of β-amino-alcohol motifs (C(OH)–C–C–N with tert-alkyl or cyclic N) is 1. The summed E-state index contributed by atoms with van der Waals surface area (Å²) in [6, 6.07) is 8.34. The number of rotatable bonds is 9. The lowest BCUT2D eigenvalue weighted by Gasteiger charge is -2.33. The largest absolute Gasteiger partial charge is 0.418 e. The Kier molecular flexibility index (Phi) is 10.3. The second-order valence-corrected chi connectivity index (χ2v) is 10.9. The first-order valence-corrected chi connectivity index (χ1v) is 14.0. The van der Waals surface area contributed by atoms with Gasteiger partial charge >= 0.3 is 12.4 Å². The Morgan fingerprint density at radius 1 is 1.00 bits per heavy atom. The summed E-state index contributed by atoms with van der Waals surface area (Å²) in [6.45, 7) is 3.70. The molecule has 2 aromatic rings. The summed E-state index contributed by atoms with van der Waals surface area (Å²) >= 11 is 0.563. The molecule has 0 radical (unpaired) electrons. The van der Waals surface area contributed by atoms with Crippen molar-refractivity contribution in [3.8, 4) is 0 Å². The van der Waals surface area contributed by atoms with Crippen molar-refractivity contribution in [2.45, 2.75) is 41.0 Å². The third kappa shape index (κ3) is 8.40. The smallest absolute Gasteiger partial charge is 0.395 e. The summed E-state index contributed by atoms with van der Waals surface area (Å²) in [5, 5.41) is 12.3. The van der Waals surface area contributed by atoms with E-state index in [1.807, 2.05) is 4.90 Å². The molecule has 41 heavy (non-hydrogen) atoms. The molecule has 0 aliphatic carbocycles. The Morgan fingerprint density at radius 3 is 2.32 bits per heavy atom. The summed E-state index contributed by atoms with van der Waals surface area (Å²) in [7, 11) is 0. The number of aliphatic hydroxyl groups excluding tert-OH is 1. The van der Waals surface area contributed by atoms with Crippen molar-refractivity contribution in [2.24, 2.45) is 0 Å². The first-order chi connectivity index (χ1) is 19.5. The van der Waals surface area contributed by atoms with Crippen molar-refractivity contribution in [1.29, 1.82) is 0 Å². The second kappa shape index (κ2) is 13.5. The molecule has 2 aromatic carbocycles. The Labute approximate surface area is 238 Å². The molecule has 224 valence electrons. The zero-order valence-electron chi connectivity index (χ0n) is 22.1. The van der Waals surface area contributed by atoms with Crippen molar-refractivity contribution in [3.05, 3.63) is 65.4 Å². The van der Waals surface area contributed by atoms with E-state index in [4.69, 9.17) is 9.84 Å². The molecule has 2 aliphatic rings. The third-order valence-corrected chi connectivity index (χ3v) is 7.96. The quantitative estimate of drug-likeness (QED) is 0.214. The molecule has 6 nitrogen and oxygen atoms in total. The van der Waals surface area contributed by atoms with Crippen LogP contribution in [-0.4, -0.2) is 79.3 Å². The minimum absolute atomic E-state index is 0.0109. The van der Waals surface area contributed by atoms with Crippen LogP contribution in [0.3, 0.4) is 0 Å². The van der Waals surface area contributed by atoms with E-state index in [9.17, 15) is 31.1 Å². The number of alkyl halides is 6. The Morgan fingerprint density at radius 2 is 1.68 bits per heavy atom. The van der Waals surface area contributed by atoms with Crippen LogP contribution in [0.5, 0.6) is 0 Å². The van der Waals surface area contributed by atoms with Gasteiger partial charge in [-0.2, -0.15) is 26.3 Å². The van der Waals surface area contributed by atoms with E-state index < -0.39 is 39.7 Å². The number of nitrogens with one attached hydrogen (secondary N) is 1. The van der Waals surface area contributed by atoms with Gasteiger partial charge < -0.3 is 20.1 Å². The van der Waals surface area contributed by atoms with Gasteiger partial charge in [-0.15, -0.1) is 0 Å². The number of ether oxygens (including phenoxy) is 1. The van der Waals surface area contributed by atoms with Crippen LogP contribution in [-0.2, 0) is 17.1 Å². The van der Waals surface area contributed by atoms with Crippen molar-refractivity contribution >= 4 is 23.2 Å². The van der Waals surface area contributed by atoms with Crippen LogP contribution in [0.25, 0.3) is 0 Å². The summed E-state index contributed by atoms with van der Waals surface area (Å²) < 4.78 is 90.7. The fourth-order valence-corrected chi connectivity index (χ4v) is 5.89. The molecule has 0 bridgehead atoms. The number of allylic oxidation sites excluding steroid dienone is 1. The molecule has 0 unspecified atom stereocenters. The van der Waals surface area contributed by atoms with Crippen LogP contribution in [0.15, 0.2) is 58.5 Å². The van der Waals surface area contributed by atoms with Crippen LogP contribution >= 0.6 is 11.8 Å². The van der Waals surface area contributed by atoms with E-state index in [0.29, 0.717) is 68.3 Å². The molecule has 2 saturated heterocycles. The number of hydrogen-bond donors (Lipinski definition) is 2. The molecule has 0 amide bonds. The average Bonchev–Trinajstić information content (AvgIpc) is 2.92. The van der Waals surface area contributed by atoms with Gasteiger partial charge in [-0.25, -0.2) is 0 Å². The second-order valence-electron chi connectivity index (χ2n) is 9.80. The molecular formula is C28H31F6N3O3S. The fourth-order valence-electron chi connectivity index (χ4n) is 4.84. The highest BCUT2D eigenvalue weighted by molar-refractivity contribution is 7.99. The van der Waals surface area contributed by atoms with Crippen molar-refractivity contribution in [1.82, 2.24) is 9.80 Å². The molecule has 13 heteroatoms. The van der Waals surface area contributed by atoms with E-state index in [2.05, 4.69) is 5.32 Å². The van der Waals surface area contributed by atoms with Crippen LogP contribution in [0.1, 0.15) is 34.3 Å². The standard InChI is InChI=1S/C28H31F6N3O3S/c29-27(30,31)25-22(23(39)6-9-36-10-12-37(13-11-36)14-15-38)4-5-24(26(25)28(32,33)34)41-21-3-1-2-20(18-21)35-19-7-16-40-17-8-19/h1-6,9,18-19,35,38H,7-8,10-17H2. The Hall–Kier alpha value is -2.74. The average molecular weight is 604 g/mol. The zero-order valence-corrected chi connectivity index (χ0v) is 22.9. The molecule has 0 saturated carbocycles. The number of anilines is 1. The van der Waals surface area contributed by atoms with Gasteiger partial charge in [-0.05, 0) is 43.2 Å². The van der Waals surface area contributed by atoms with E-state index in [1.54, 1.807) is 23.1 Å². The maximum Gasteiger partial charge on any atom is 0.418 e. The minimum atomic E-state index is -5.43. The monoisotopic (exact) mass is 603 g/mol. The third-order valence-electron chi connectivity index (χ3n) is 6.91. The summed E-state index contributed by atoms with van der Waals surface area (Å²) in [5.74, 6) is -1.17. The topological polar surface area (TPSA) is 65.0 Å². The Balaban J connectivity index is 1.61. The normalized spacial score (nSPS) is 17.8. The van der Waals surface area contributed by atoms with E-state index in [1.165, 1.54) is 12.3 Å². The fraction of sp³-hybridized carbons (Fsp3) is 0.464. The lowest BCUT2D eigenvalue weighted by atomic mass is 9.96. The number of hydrogen-bond acceptors (Lipinski definition) is 7. The van der Waals surface area contributed by atoms with Crippen LogP contribution in [0, 0.1) is 0 Å². The highest BCUT2D eigenvalue weighted by Crippen LogP contribution is 2.48. The molecular weight excluding hydrogens is 572 g/mol. The SMILES string of the molecule is O=C(C=CN1CCN(CCO)CC1)c1ccc(Sc2cccc(NC3CCOCC3)c2)c(C(F)(F)F)c1C(F)(F)F. The molecule has 2 aliphatic heterocycles. The predicted octanol–water partition coefficient (Wildman–Crippen LogP) is 5.77. The molecule has 2 heterocycles. The summed E-state index contributed by atoms with van der Waals surface area (Å²) in [5.41, 5.74) is -4.29. The van der Waals surface area contributed by atoms with E-state index >= 15 is 0 Å². The number of carbonyl (C=O) groups is 1. The first-order valence-electron chi connectivity index (χ1n) is 13.2. The van der Waals surface area contributed by atoms with E-state index in [0.717, 1.165) is 31.1 Å². The van der Waals surface area contributed by atoms with Crippen molar-refractivity contribution in [2.75, 3.05) is 57.9 Å². The highest BCUT2D eigenvalue weighted by Gasteiger charge is 2.47. The van der Waals surface area contributed by atoms with Gasteiger partial charge in [0.25, 0.3) is 0 Å². The first kappa shape index (κ1) is 31.2. The summed E-state index contributed by atoms with van der Waals surface area (Å²) in [6.07, 6.45) is -7.09. The number of ketones is 1. The lowest BCUT2D eigenvalue weighted by molar-refractivity contribution is -0.163. The summed E-state index contributed by atoms with van der Waals surface area (Å²) in [4.78, 5) is 16.2. The highest BCUT2D eigenvalue weighted by atomic mass is 32.2. The molecule has 2 fully saturated rings. The Bertz CT molecular complexity index is 1220. The number of nitrogens with zero attached hydrogens (tertiary/aromatic N) is 2. The number of benzene rings is 2. The number of carbonyl (C=O) groups excluding carboxylic acids is 1. The molecule has 4 rings (SSSR count). The maximum absolute atomic E-state index is 14.3. The van der Waals surface area contributed by atoms with Gasteiger partial charge in [0.05, 0.1) is 17.7 Å². The van der Waals surface area contributed by atoms with Gasteiger partial charge in [-0.3, -0.25) is 9.69 Å². The van der Waals surface area contributed by atoms with Crippen molar-refractivity contribution in [3.63, 3.8) is 0 Å². The van der Waals surface area contributed by atoms with E-state index in [-0.39, 0.29) is 12.6 Å². The van der Waals surface area contributed by atoms with Crippen LogP contribution in [0.2, 0.25) is 0 Å². The predicted molar refractivity (Wildman–Crippen MR) is 143 cm³/mol. The zero-order chi connectivity index (χ0) is 29.6. The lowest BCUT2D eigenvalue weighted by Crippen LogP contribution is -2.45. The number of piperazine rings is 1. The van der Waals surface area contributed by atoms with Crippen molar-refractivity contribution < 1.29 is 41.0 Å². The van der Waals surface area contributed by atoms with Gasteiger partial charge in [-0.1, -0.05) is 17.8 Å². The molecule has 2 N–H and O–H groups in total. The molecule has 0 aromatic heterocycles. The van der Waals surface area contributed by atoms with Gasteiger partial charge in [0.2, 0.25) is 0 Å². The van der Waals surface area contributed by atoms with Crippen LogP contribution in [0.4, 0.5) is 32.0 Å². The van der Waals surface area contributed by atoms with Gasteiger partial charge in [0.1, 0.15) is 0 Å². The molecule has 0 atom stereocenters. The van der Waals surface area contributed by atoms with Gasteiger partial charge in [0, 0.05) is 85.3 Å². The van der Waals surface area contributed by atoms with Crippen LogP contribution < -0.4 is 5.32 Å². The number of aliphatic hydroxyl groups is 1. The number of halogens is 6. The molecule has 0 spiro atoms. The van der Waals surface area contributed by atoms with Gasteiger partial charge in [0.15, 0.2) is 5.78 Å². The minimum Gasteiger partial charge on any atom is -0.395 e. The maximum atomic E-state index is 14.3.